The van der Waals surface area contributed by atoms with Crippen LogP contribution in [0.5, 0.6) is 11.5 Å². The van der Waals surface area contributed by atoms with Gasteiger partial charge in [0.1, 0.15) is 24.2 Å². The molecular weight excluding hydrogens is 498 g/mol. The average Bonchev–Trinajstić information content (AvgIpc) is 3.28. The highest BCUT2D eigenvalue weighted by atomic mass is 16.6. The molecule has 2 aromatic carbocycles. The van der Waals surface area contributed by atoms with Gasteiger partial charge in [-0.15, -0.1) is 5.10 Å². The number of nitrogens with zero attached hydrogens (tertiary/aromatic N) is 6. The first-order valence-corrected chi connectivity index (χ1v) is 11.5. The molecule has 2 atom stereocenters. The Kier molecular flexibility index (Phi) is 7.62. The summed E-state index contributed by atoms with van der Waals surface area (Å²) in [7, 11) is 4.43. The van der Waals surface area contributed by atoms with Crippen molar-refractivity contribution < 1.29 is 33.7 Å². The standard InChI is InChI=1S/C24H25N7O7/c1-28-21-20(22(33)29(2)24(28)34)30(13-17(32)14-38-19-10-8-18(37-3)9-11-19)23(26-21)27-25-12-15-4-6-16(7-5-15)31(35)36/h4-12,17,20,32H,13-14H2,1-3H3/p+1/b25-12+. The number of fused-ring (bicyclic) bond motifs is 1. The van der Waals surface area contributed by atoms with Crippen LogP contribution in [0, 0.1) is 10.1 Å². The first-order chi connectivity index (χ1) is 18.2. The minimum atomic E-state index is -1.04. The number of methoxy groups -OCH3 is 1. The Morgan fingerprint density at radius 1 is 1.16 bits per heavy atom. The highest BCUT2D eigenvalue weighted by molar-refractivity contribution is 6.22. The predicted molar refractivity (Wildman–Crippen MR) is 136 cm³/mol. The summed E-state index contributed by atoms with van der Waals surface area (Å²) < 4.78 is 12.3. The molecule has 0 bridgehead atoms. The predicted octanol–water partition coefficient (Wildman–Crippen LogP) is 0.640. The quantitative estimate of drug-likeness (QED) is 0.209. The summed E-state index contributed by atoms with van der Waals surface area (Å²) in [5.41, 5.74) is 3.28. The van der Waals surface area contributed by atoms with E-state index in [2.05, 4.69) is 15.5 Å². The number of amides is 3. The Labute approximate surface area is 217 Å². The molecule has 2 heterocycles. The van der Waals surface area contributed by atoms with E-state index in [0.29, 0.717) is 17.1 Å². The maximum atomic E-state index is 13.0. The molecule has 14 heteroatoms. The van der Waals surface area contributed by atoms with E-state index in [1.54, 1.807) is 31.4 Å². The van der Waals surface area contributed by atoms with Gasteiger partial charge in [0.15, 0.2) is 0 Å². The van der Waals surface area contributed by atoms with Crippen LogP contribution in [-0.4, -0.2) is 101 Å². The molecule has 0 aromatic heterocycles. The first-order valence-electron chi connectivity index (χ1n) is 11.5. The number of guanidine groups is 1. The molecule has 2 aromatic rings. The van der Waals surface area contributed by atoms with Crippen molar-refractivity contribution >= 4 is 35.6 Å². The van der Waals surface area contributed by atoms with Gasteiger partial charge in [0.25, 0.3) is 11.6 Å². The first kappa shape index (κ1) is 26.2. The number of non-ortho nitro benzene ring substituents is 1. The maximum absolute atomic E-state index is 13.0. The fraction of sp³-hybridized carbons (Fsp3) is 0.292. The number of aliphatic hydroxyl groups excluding tert-OH is 1. The van der Waals surface area contributed by atoms with Gasteiger partial charge in [-0.2, -0.15) is 5.43 Å². The summed E-state index contributed by atoms with van der Waals surface area (Å²) in [5.74, 6) is 1.01. The average molecular weight is 525 g/mol. The molecule has 2 aliphatic rings. The van der Waals surface area contributed by atoms with Crippen LogP contribution in [0.15, 0.2) is 58.6 Å². The fourth-order valence-corrected chi connectivity index (χ4v) is 3.87. The second-order valence-corrected chi connectivity index (χ2v) is 8.45. The summed E-state index contributed by atoms with van der Waals surface area (Å²) in [6.07, 6.45) is 0.381. The molecule has 2 aliphatic heterocycles. The number of carbonyl (C=O) groups is 2. The molecule has 1 saturated heterocycles. The normalized spacial score (nSPS) is 18.0. The number of nitrogens with one attached hydrogen (secondary N) is 1. The number of aliphatic hydroxyl groups is 1. The number of nitro groups is 1. The number of ether oxygens (including phenoxy) is 2. The number of hydrazone groups is 1. The van der Waals surface area contributed by atoms with Crippen LogP contribution in [0.2, 0.25) is 0 Å². The van der Waals surface area contributed by atoms with Crippen LogP contribution in [0.25, 0.3) is 0 Å². The van der Waals surface area contributed by atoms with E-state index < -0.39 is 29.0 Å². The summed E-state index contributed by atoms with van der Waals surface area (Å²) >= 11 is 0. The molecule has 3 amide bonds. The Balaban J connectivity index is 1.53. The van der Waals surface area contributed by atoms with Gasteiger partial charge < -0.3 is 14.6 Å². The third kappa shape index (κ3) is 5.44. The number of aliphatic imine (C=N–C) groups is 1. The summed E-state index contributed by atoms with van der Waals surface area (Å²) in [5, 5.41) is 25.7. The molecule has 2 N–H and O–H groups in total. The molecule has 1 fully saturated rings. The van der Waals surface area contributed by atoms with Crippen molar-refractivity contribution in [2.75, 3.05) is 34.4 Å². The van der Waals surface area contributed by atoms with Gasteiger partial charge in [-0.25, -0.2) is 9.37 Å². The van der Waals surface area contributed by atoms with Crippen molar-refractivity contribution in [3.8, 4) is 11.5 Å². The lowest BCUT2D eigenvalue weighted by Crippen LogP contribution is -2.62. The molecule has 198 valence electrons. The Hall–Kier alpha value is -4.85. The Morgan fingerprint density at radius 3 is 2.45 bits per heavy atom. The third-order valence-corrected chi connectivity index (χ3v) is 5.92. The molecule has 0 spiro atoms. The van der Waals surface area contributed by atoms with Crippen molar-refractivity contribution in [2.24, 2.45) is 10.1 Å². The van der Waals surface area contributed by atoms with Crippen LogP contribution >= 0.6 is 0 Å². The summed E-state index contributed by atoms with van der Waals surface area (Å²) in [6.45, 7) is -0.145. The smallest absolute Gasteiger partial charge is 0.414 e. The van der Waals surface area contributed by atoms with Gasteiger partial charge in [0, 0.05) is 26.2 Å². The van der Waals surface area contributed by atoms with Crippen LogP contribution < -0.4 is 14.9 Å². The largest absolute Gasteiger partial charge is 0.497 e. The molecule has 4 rings (SSSR count). The molecule has 0 radical (unpaired) electrons. The van der Waals surface area contributed by atoms with Gasteiger partial charge in [-0.3, -0.25) is 24.7 Å². The number of β-amino-alcohol motifs (C(OH)–C–C–N with tert-alkyl or cyclic N) is 1. The molecule has 0 aliphatic carbocycles. The van der Waals surface area contributed by atoms with E-state index in [1.165, 1.54) is 54.1 Å². The molecule has 38 heavy (non-hydrogen) atoms. The highest BCUT2D eigenvalue weighted by Crippen LogP contribution is 2.20. The lowest BCUT2D eigenvalue weighted by molar-refractivity contribution is -0.545. The lowest BCUT2D eigenvalue weighted by atomic mass is 10.1. The number of hydrogen-bond acceptors (Lipinski definition) is 10. The zero-order valence-electron chi connectivity index (χ0n) is 20.8. The number of imide groups is 1. The molecule has 14 nitrogen and oxygen atoms in total. The van der Waals surface area contributed by atoms with Crippen molar-refractivity contribution in [1.82, 2.24) is 15.2 Å². The number of nitro benzene ring substituents is 1. The molecular formula is C24H26N7O7+. The van der Waals surface area contributed by atoms with Crippen LogP contribution in [0.3, 0.4) is 0 Å². The van der Waals surface area contributed by atoms with E-state index in [9.17, 15) is 24.8 Å². The zero-order valence-corrected chi connectivity index (χ0v) is 20.8. The third-order valence-electron chi connectivity index (χ3n) is 5.92. The minimum Gasteiger partial charge on any atom is -0.497 e. The minimum absolute atomic E-state index is 0.0527. The number of benzene rings is 2. The number of urea groups is 1. The zero-order chi connectivity index (χ0) is 27.4. The summed E-state index contributed by atoms with van der Waals surface area (Å²) in [6, 6.07) is 11.1. The molecule has 0 saturated carbocycles. The van der Waals surface area contributed by atoms with Crippen LogP contribution in [-0.2, 0) is 4.79 Å². The van der Waals surface area contributed by atoms with Crippen LogP contribution in [0.4, 0.5) is 10.5 Å². The van der Waals surface area contributed by atoms with Crippen molar-refractivity contribution in [2.45, 2.75) is 12.1 Å². The number of carbonyl (C=O) groups excluding carboxylic acids is 2. The number of amidine groups is 1. The topological polar surface area (TPSA) is 162 Å². The van der Waals surface area contributed by atoms with Crippen LogP contribution in [0.1, 0.15) is 5.56 Å². The fourth-order valence-electron chi connectivity index (χ4n) is 3.87. The lowest BCUT2D eigenvalue weighted by Gasteiger charge is -2.32. The van der Waals surface area contributed by atoms with E-state index in [1.807, 2.05) is 0 Å². The summed E-state index contributed by atoms with van der Waals surface area (Å²) in [4.78, 5) is 42.4. The second kappa shape index (κ2) is 11.0. The monoisotopic (exact) mass is 524 g/mol. The van der Waals surface area contributed by atoms with Gasteiger partial charge in [-0.05, 0) is 42.0 Å². The Bertz CT molecular complexity index is 1320. The highest BCUT2D eigenvalue weighted by Gasteiger charge is 2.51. The Morgan fingerprint density at radius 2 is 1.82 bits per heavy atom. The van der Waals surface area contributed by atoms with E-state index >= 15 is 0 Å². The molecule has 2 unspecified atom stereocenters. The van der Waals surface area contributed by atoms with Crippen molar-refractivity contribution in [3.05, 3.63) is 64.2 Å². The second-order valence-electron chi connectivity index (χ2n) is 8.45. The van der Waals surface area contributed by atoms with E-state index in [-0.39, 0.29) is 30.6 Å². The van der Waals surface area contributed by atoms with Gasteiger partial charge in [0.05, 0.1) is 24.8 Å². The number of hydrogen-bond donors (Lipinski definition) is 2. The van der Waals surface area contributed by atoms with Gasteiger partial charge in [0.2, 0.25) is 11.9 Å². The van der Waals surface area contributed by atoms with E-state index in [4.69, 9.17) is 9.47 Å². The van der Waals surface area contributed by atoms with Gasteiger partial charge >= 0.3 is 12.0 Å². The van der Waals surface area contributed by atoms with Crippen molar-refractivity contribution in [1.29, 1.82) is 0 Å². The number of likely N-dealkylation sites (N-methyl/N-ethyl adjacent to an activating group) is 2. The number of rotatable bonds is 9. The van der Waals surface area contributed by atoms with E-state index in [0.717, 1.165) is 4.90 Å². The van der Waals surface area contributed by atoms with Crippen molar-refractivity contribution in [3.63, 3.8) is 0 Å². The maximum Gasteiger partial charge on any atom is 0.414 e. The SMILES string of the molecule is COc1ccc(OCC(O)C[N+]2=C(N/N=C/c3ccc([N+](=O)[O-])cc3)N=C3C2C(=O)N(C)C(=O)N3C)cc1. The van der Waals surface area contributed by atoms with Gasteiger partial charge in [-0.1, -0.05) is 4.99 Å².